The average Bonchev–Trinajstić information content (AvgIpc) is 2.36. The van der Waals surface area contributed by atoms with Gasteiger partial charge in [-0.05, 0) is 19.1 Å². The lowest BCUT2D eigenvalue weighted by Gasteiger charge is -2.20. The van der Waals surface area contributed by atoms with Crippen molar-refractivity contribution < 1.29 is 15.0 Å². The second kappa shape index (κ2) is 5.21. The maximum absolute atomic E-state index is 10.7. The molecule has 0 saturated heterocycles. The molecule has 0 aromatic heterocycles. The topological polar surface area (TPSA) is 60.8 Å². The second-order valence-electron chi connectivity index (χ2n) is 3.63. The van der Waals surface area contributed by atoms with Gasteiger partial charge in [-0.1, -0.05) is 24.8 Å². The van der Waals surface area contributed by atoms with Crippen molar-refractivity contribution in [3.8, 4) is 0 Å². The van der Waals surface area contributed by atoms with Gasteiger partial charge in [0, 0.05) is 18.3 Å². The van der Waals surface area contributed by atoms with Crippen LogP contribution in [-0.4, -0.2) is 23.2 Å². The van der Waals surface area contributed by atoms with E-state index >= 15 is 0 Å². The van der Waals surface area contributed by atoms with Gasteiger partial charge in [0.05, 0.1) is 5.57 Å². The first-order chi connectivity index (χ1) is 7.95. The average molecular weight is 233 g/mol. The number of carboxylic acids is 1. The van der Waals surface area contributed by atoms with Gasteiger partial charge in [-0.25, -0.2) is 4.79 Å². The Hall–Kier alpha value is -2.23. The second-order valence-corrected chi connectivity index (χ2v) is 3.63. The number of aliphatic carboxylic acids is 1. The molecule has 0 heterocycles. The van der Waals surface area contributed by atoms with Crippen molar-refractivity contribution >= 4 is 11.7 Å². The van der Waals surface area contributed by atoms with E-state index in [1.165, 1.54) is 11.8 Å². The number of carbonyl (C=O) groups is 1. The van der Waals surface area contributed by atoms with E-state index < -0.39 is 5.97 Å². The van der Waals surface area contributed by atoms with Crippen LogP contribution in [0.15, 0.2) is 53.9 Å². The number of rotatable bonds is 4. The highest BCUT2D eigenvalue weighted by atomic mass is 16.4. The number of benzene rings is 1. The van der Waals surface area contributed by atoms with Crippen LogP contribution in [0.2, 0.25) is 0 Å². The van der Waals surface area contributed by atoms with Gasteiger partial charge < -0.3 is 15.1 Å². The standard InChI is InChI=1S/C13H15NO3/c1-9(10(2)13(16)17)12(15)14(3)11-7-5-4-6-8-11/h4-8,15H,2H2,1,3H3,(H,16,17)/b12-9+. The van der Waals surface area contributed by atoms with Crippen LogP contribution in [-0.2, 0) is 4.79 Å². The summed E-state index contributed by atoms with van der Waals surface area (Å²) in [6.07, 6.45) is 0. The van der Waals surface area contributed by atoms with Gasteiger partial charge in [0.25, 0.3) is 0 Å². The lowest BCUT2D eigenvalue weighted by atomic mass is 10.1. The summed E-state index contributed by atoms with van der Waals surface area (Å²) in [7, 11) is 1.66. The van der Waals surface area contributed by atoms with E-state index in [0.29, 0.717) is 0 Å². The Morgan fingerprint density at radius 3 is 2.24 bits per heavy atom. The lowest BCUT2D eigenvalue weighted by Crippen LogP contribution is -2.19. The molecular formula is C13H15NO3. The van der Waals surface area contributed by atoms with Crippen LogP contribution >= 0.6 is 0 Å². The molecule has 0 spiro atoms. The number of aliphatic hydroxyl groups is 1. The maximum Gasteiger partial charge on any atom is 0.335 e. The maximum atomic E-state index is 10.7. The molecule has 0 saturated carbocycles. The third-order valence-corrected chi connectivity index (χ3v) is 2.51. The molecule has 2 N–H and O–H groups in total. The van der Waals surface area contributed by atoms with Crippen LogP contribution < -0.4 is 4.90 Å². The highest BCUT2D eigenvalue weighted by Crippen LogP contribution is 2.20. The third-order valence-electron chi connectivity index (χ3n) is 2.51. The zero-order chi connectivity index (χ0) is 13.0. The molecule has 1 rings (SSSR count). The first-order valence-electron chi connectivity index (χ1n) is 5.06. The Labute approximate surface area is 100 Å². The molecule has 0 aliphatic heterocycles. The smallest absolute Gasteiger partial charge is 0.335 e. The van der Waals surface area contributed by atoms with E-state index in [1.807, 2.05) is 30.3 Å². The van der Waals surface area contributed by atoms with Gasteiger partial charge >= 0.3 is 5.97 Å². The molecule has 4 heteroatoms. The molecule has 1 aromatic rings. The fourth-order valence-corrected chi connectivity index (χ4v) is 1.32. The fraction of sp³-hybridized carbons (Fsp3) is 0.154. The van der Waals surface area contributed by atoms with E-state index in [0.717, 1.165) is 5.69 Å². The molecule has 17 heavy (non-hydrogen) atoms. The zero-order valence-electron chi connectivity index (χ0n) is 9.84. The fourth-order valence-electron chi connectivity index (χ4n) is 1.32. The summed E-state index contributed by atoms with van der Waals surface area (Å²) in [5, 5.41) is 18.7. The van der Waals surface area contributed by atoms with Crippen LogP contribution in [0.4, 0.5) is 5.69 Å². The first-order valence-corrected chi connectivity index (χ1v) is 5.06. The molecule has 0 aliphatic rings. The Balaban J connectivity index is 3.04. The van der Waals surface area contributed by atoms with Crippen molar-refractivity contribution in [2.45, 2.75) is 6.92 Å². The number of carboxylic acid groups (broad SMARTS) is 1. The Bertz CT molecular complexity index is 463. The van der Waals surface area contributed by atoms with Crippen LogP contribution in [0.5, 0.6) is 0 Å². The zero-order valence-corrected chi connectivity index (χ0v) is 9.84. The van der Waals surface area contributed by atoms with E-state index in [2.05, 4.69) is 6.58 Å². The molecule has 0 aliphatic carbocycles. The number of anilines is 1. The van der Waals surface area contributed by atoms with Gasteiger partial charge in [-0.2, -0.15) is 0 Å². The predicted molar refractivity (Wildman–Crippen MR) is 66.9 cm³/mol. The van der Waals surface area contributed by atoms with Crippen LogP contribution in [0.25, 0.3) is 0 Å². The number of para-hydroxylation sites is 1. The largest absolute Gasteiger partial charge is 0.494 e. The Morgan fingerprint density at radius 1 is 1.24 bits per heavy atom. The number of hydrogen-bond acceptors (Lipinski definition) is 3. The molecule has 0 bridgehead atoms. The van der Waals surface area contributed by atoms with Gasteiger partial charge in [0.2, 0.25) is 0 Å². The van der Waals surface area contributed by atoms with Gasteiger partial charge in [0.15, 0.2) is 5.88 Å². The monoisotopic (exact) mass is 233 g/mol. The summed E-state index contributed by atoms with van der Waals surface area (Å²) in [5.74, 6) is -1.26. The molecular weight excluding hydrogens is 218 g/mol. The molecule has 90 valence electrons. The minimum absolute atomic E-state index is 0.120. The molecule has 0 atom stereocenters. The summed E-state index contributed by atoms with van der Waals surface area (Å²) in [4.78, 5) is 12.2. The Morgan fingerprint density at radius 2 is 1.76 bits per heavy atom. The van der Waals surface area contributed by atoms with Crippen LogP contribution in [0, 0.1) is 0 Å². The quantitative estimate of drug-likeness (QED) is 0.476. The van der Waals surface area contributed by atoms with Gasteiger partial charge in [-0.15, -0.1) is 0 Å². The summed E-state index contributed by atoms with van der Waals surface area (Å²) in [6, 6.07) is 9.15. The summed E-state index contributed by atoms with van der Waals surface area (Å²) in [6.45, 7) is 4.93. The number of nitrogens with zero attached hydrogens (tertiary/aromatic N) is 1. The van der Waals surface area contributed by atoms with Gasteiger partial charge in [0.1, 0.15) is 0 Å². The summed E-state index contributed by atoms with van der Waals surface area (Å²) >= 11 is 0. The Kier molecular flexibility index (Phi) is 3.93. The normalized spacial score (nSPS) is 11.6. The molecule has 0 amide bonds. The van der Waals surface area contributed by atoms with Crippen LogP contribution in [0.3, 0.4) is 0 Å². The van der Waals surface area contributed by atoms with E-state index in [-0.39, 0.29) is 17.0 Å². The highest BCUT2D eigenvalue weighted by molar-refractivity contribution is 5.91. The predicted octanol–water partition coefficient (Wildman–Crippen LogP) is 2.55. The first kappa shape index (κ1) is 12.8. The third kappa shape index (κ3) is 2.87. The SMILES string of the molecule is C=C(C(=O)O)/C(C)=C(/O)N(C)c1ccccc1. The number of hydrogen-bond donors (Lipinski definition) is 2. The van der Waals surface area contributed by atoms with Crippen molar-refractivity contribution in [3.05, 3.63) is 53.9 Å². The summed E-state index contributed by atoms with van der Waals surface area (Å²) in [5.41, 5.74) is 0.886. The van der Waals surface area contributed by atoms with Crippen molar-refractivity contribution in [2.24, 2.45) is 0 Å². The van der Waals surface area contributed by atoms with Crippen molar-refractivity contribution in [1.82, 2.24) is 0 Å². The van der Waals surface area contributed by atoms with Crippen molar-refractivity contribution in [3.63, 3.8) is 0 Å². The molecule has 4 nitrogen and oxygen atoms in total. The van der Waals surface area contributed by atoms with Crippen molar-refractivity contribution in [1.29, 1.82) is 0 Å². The molecule has 0 fully saturated rings. The summed E-state index contributed by atoms with van der Waals surface area (Å²) < 4.78 is 0. The number of aliphatic hydroxyl groups excluding tert-OH is 1. The minimum atomic E-state index is -1.14. The van der Waals surface area contributed by atoms with E-state index in [1.54, 1.807) is 7.05 Å². The molecule has 0 radical (unpaired) electrons. The highest BCUT2D eigenvalue weighted by Gasteiger charge is 2.14. The van der Waals surface area contributed by atoms with Crippen molar-refractivity contribution in [2.75, 3.05) is 11.9 Å². The van der Waals surface area contributed by atoms with E-state index in [9.17, 15) is 9.90 Å². The van der Waals surface area contributed by atoms with Gasteiger partial charge in [-0.3, -0.25) is 0 Å². The van der Waals surface area contributed by atoms with E-state index in [4.69, 9.17) is 5.11 Å². The molecule has 0 unspecified atom stereocenters. The minimum Gasteiger partial charge on any atom is -0.494 e. The van der Waals surface area contributed by atoms with Crippen LogP contribution in [0.1, 0.15) is 6.92 Å². The molecule has 1 aromatic carbocycles. The lowest BCUT2D eigenvalue weighted by molar-refractivity contribution is -0.132.